The normalized spacial score (nSPS) is 10.1. The quantitative estimate of drug-likeness (QED) is 0.931. The number of pyridine rings is 1. The zero-order valence-electron chi connectivity index (χ0n) is 10.9. The Kier molecular flexibility index (Phi) is 4.14. The molecule has 1 heterocycles. The first-order chi connectivity index (χ1) is 10.0. The zero-order chi connectivity index (χ0) is 15.4. The predicted molar refractivity (Wildman–Crippen MR) is 73.1 cm³/mol. The molecule has 0 saturated carbocycles. The van der Waals surface area contributed by atoms with E-state index in [1.54, 1.807) is 12.1 Å². The summed E-state index contributed by atoms with van der Waals surface area (Å²) in [5.41, 5.74) is 0.399. The molecule has 0 saturated heterocycles. The molecule has 1 aromatic heterocycles. The molecule has 2 aromatic rings. The molecule has 0 aliphatic heterocycles. The lowest BCUT2D eigenvalue weighted by atomic mass is 10.1. The van der Waals surface area contributed by atoms with E-state index >= 15 is 0 Å². The number of rotatable bonds is 4. The second-order valence-electron chi connectivity index (χ2n) is 4.35. The van der Waals surface area contributed by atoms with Crippen LogP contribution in [-0.4, -0.2) is 15.6 Å². The van der Waals surface area contributed by atoms with E-state index in [0.717, 1.165) is 0 Å². The van der Waals surface area contributed by atoms with Gasteiger partial charge in [-0.1, -0.05) is 0 Å². The van der Waals surface area contributed by atoms with Crippen LogP contribution in [0.3, 0.4) is 0 Å². The fourth-order valence-electron chi connectivity index (χ4n) is 1.97. The van der Waals surface area contributed by atoms with Crippen molar-refractivity contribution >= 4 is 5.97 Å². The van der Waals surface area contributed by atoms with Crippen molar-refractivity contribution in [2.75, 3.05) is 0 Å². The molecule has 2 rings (SSSR count). The van der Waals surface area contributed by atoms with E-state index in [2.05, 4.69) is 0 Å². The number of hydrogen-bond acceptors (Lipinski definition) is 3. The van der Waals surface area contributed by atoms with Crippen molar-refractivity contribution in [1.29, 1.82) is 5.26 Å². The SMILES string of the molecule is N#Cc1ccc(-c2ccc(F)cc2)n(CCC(=O)O)c1=O. The molecule has 0 fully saturated rings. The molecule has 1 N–H and O–H groups in total. The standard InChI is InChI=1S/C15H11FN2O3/c16-12-4-1-10(2-5-12)13-6-3-11(9-17)15(21)18(13)8-7-14(19)20/h1-6H,7-8H2,(H,19,20). The fourth-order valence-corrected chi connectivity index (χ4v) is 1.97. The van der Waals surface area contributed by atoms with Crippen LogP contribution in [0.1, 0.15) is 12.0 Å². The van der Waals surface area contributed by atoms with E-state index in [9.17, 15) is 14.0 Å². The van der Waals surface area contributed by atoms with Crippen LogP contribution < -0.4 is 5.56 Å². The number of benzene rings is 1. The maximum Gasteiger partial charge on any atom is 0.305 e. The van der Waals surface area contributed by atoms with Gasteiger partial charge in [0.05, 0.1) is 12.1 Å². The maximum atomic E-state index is 13.0. The molecule has 1 aromatic carbocycles. The van der Waals surface area contributed by atoms with Gasteiger partial charge in [-0.15, -0.1) is 0 Å². The largest absolute Gasteiger partial charge is 0.481 e. The molecule has 0 spiro atoms. The van der Waals surface area contributed by atoms with Gasteiger partial charge in [0.25, 0.3) is 5.56 Å². The van der Waals surface area contributed by atoms with Gasteiger partial charge in [-0.3, -0.25) is 9.59 Å². The Labute approximate surface area is 119 Å². The molecule has 5 nitrogen and oxygen atoms in total. The Morgan fingerprint density at radius 2 is 1.90 bits per heavy atom. The van der Waals surface area contributed by atoms with Crippen LogP contribution in [0.5, 0.6) is 0 Å². The van der Waals surface area contributed by atoms with Gasteiger partial charge >= 0.3 is 5.97 Å². The van der Waals surface area contributed by atoms with Crippen molar-refractivity contribution in [2.45, 2.75) is 13.0 Å². The Balaban J connectivity index is 2.57. The van der Waals surface area contributed by atoms with Crippen LogP contribution in [0.25, 0.3) is 11.3 Å². The van der Waals surface area contributed by atoms with Gasteiger partial charge in [-0.2, -0.15) is 5.26 Å². The average Bonchev–Trinajstić information content (AvgIpc) is 2.46. The monoisotopic (exact) mass is 286 g/mol. The number of nitriles is 1. The topological polar surface area (TPSA) is 83.1 Å². The van der Waals surface area contributed by atoms with E-state index in [4.69, 9.17) is 10.4 Å². The Bertz CT molecular complexity index is 773. The lowest BCUT2D eigenvalue weighted by Gasteiger charge is -2.12. The summed E-state index contributed by atoms with van der Waals surface area (Å²) in [7, 11) is 0. The third kappa shape index (κ3) is 3.15. The van der Waals surface area contributed by atoms with Gasteiger partial charge in [-0.05, 0) is 42.0 Å². The van der Waals surface area contributed by atoms with Gasteiger partial charge in [0.1, 0.15) is 17.4 Å². The van der Waals surface area contributed by atoms with E-state index in [0.29, 0.717) is 11.3 Å². The predicted octanol–water partition coefficient (Wildman–Crippen LogP) is 2.00. The second kappa shape index (κ2) is 6.01. The van der Waals surface area contributed by atoms with Crippen molar-refractivity contribution in [3.05, 3.63) is 58.1 Å². The van der Waals surface area contributed by atoms with Gasteiger partial charge in [0.15, 0.2) is 0 Å². The smallest absolute Gasteiger partial charge is 0.305 e. The molecule has 0 aliphatic rings. The summed E-state index contributed by atoms with van der Waals surface area (Å²) in [5.74, 6) is -1.46. The third-order valence-corrected chi connectivity index (χ3v) is 2.98. The minimum Gasteiger partial charge on any atom is -0.481 e. The molecule has 106 valence electrons. The molecule has 0 atom stereocenters. The molecule has 0 amide bonds. The lowest BCUT2D eigenvalue weighted by Crippen LogP contribution is -2.25. The fraction of sp³-hybridized carbons (Fsp3) is 0.133. The summed E-state index contributed by atoms with van der Waals surface area (Å²) >= 11 is 0. The van der Waals surface area contributed by atoms with Crippen LogP contribution in [0, 0.1) is 17.1 Å². The first kappa shape index (κ1) is 14.5. The zero-order valence-corrected chi connectivity index (χ0v) is 10.9. The summed E-state index contributed by atoms with van der Waals surface area (Å²) in [6.45, 7) is -0.0591. The molecule has 21 heavy (non-hydrogen) atoms. The summed E-state index contributed by atoms with van der Waals surface area (Å²) in [6.07, 6.45) is -0.247. The number of carboxylic acid groups (broad SMARTS) is 1. The van der Waals surface area contributed by atoms with Gasteiger partial charge in [0, 0.05) is 6.54 Å². The van der Waals surface area contributed by atoms with Crippen molar-refractivity contribution in [2.24, 2.45) is 0 Å². The molecule has 0 unspecified atom stereocenters. The lowest BCUT2D eigenvalue weighted by molar-refractivity contribution is -0.137. The number of aromatic nitrogens is 1. The Morgan fingerprint density at radius 3 is 2.48 bits per heavy atom. The van der Waals surface area contributed by atoms with Gasteiger partial charge in [0.2, 0.25) is 0 Å². The number of carbonyl (C=O) groups is 1. The van der Waals surface area contributed by atoms with E-state index in [1.807, 2.05) is 0 Å². The van der Waals surface area contributed by atoms with Crippen molar-refractivity contribution in [3.8, 4) is 17.3 Å². The molecule has 0 aliphatic carbocycles. The second-order valence-corrected chi connectivity index (χ2v) is 4.35. The number of nitrogens with zero attached hydrogens (tertiary/aromatic N) is 2. The highest BCUT2D eigenvalue weighted by Crippen LogP contribution is 2.19. The number of carboxylic acids is 1. The first-order valence-electron chi connectivity index (χ1n) is 6.14. The molecule has 0 bridgehead atoms. The Hall–Kier alpha value is -2.94. The molecule has 6 heteroatoms. The maximum absolute atomic E-state index is 13.0. The number of hydrogen-bond donors (Lipinski definition) is 1. The van der Waals surface area contributed by atoms with Gasteiger partial charge < -0.3 is 9.67 Å². The molecular weight excluding hydrogens is 275 g/mol. The third-order valence-electron chi connectivity index (χ3n) is 2.98. The molecular formula is C15H11FN2O3. The highest BCUT2D eigenvalue weighted by Gasteiger charge is 2.11. The van der Waals surface area contributed by atoms with E-state index in [-0.39, 0.29) is 18.5 Å². The number of aliphatic carboxylic acids is 1. The highest BCUT2D eigenvalue weighted by molar-refractivity contribution is 5.67. The van der Waals surface area contributed by atoms with Crippen LogP contribution in [-0.2, 0) is 11.3 Å². The number of halogens is 1. The van der Waals surface area contributed by atoms with E-state index < -0.39 is 17.3 Å². The van der Waals surface area contributed by atoms with Gasteiger partial charge in [-0.25, -0.2) is 4.39 Å². The van der Waals surface area contributed by atoms with Crippen LogP contribution in [0.15, 0.2) is 41.2 Å². The summed E-state index contributed by atoms with van der Waals surface area (Å²) in [5, 5.41) is 17.6. The first-order valence-corrected chi connectivity index (χ1v) is 6.14. The minimum atomic E-state index is -1.05. The van der Waals surface area contributed by atoms with Crippen LogP contribution in [0.2, 0.25) is 0 Å². The highest BCUT2D eigenvalue weighted by atomic mass is 19.1. The average molecular weight is 286 g/mol. The van der Waals surface area contributed by atoms with E-state index in [1.165, 1.54) is 34.9 Å². The van der Waals surface area contributed by atoms with Crippen LogP contribution in [0.4, 0.5) is 4.39 Å². The van der Waals surface area contributed by atoms with Crippen molar-refractivity contribution < 1.29 is 14.3 Å². The summed E-state index contributed by atoms with van der Waals surface area (Å²) < 4.78 is 14.2. The van der Waals surface area contributed by atoms with Crippen molar-refractivity contribution in [3.63, 3.8) is 0 Å². The Morgan fingerprint density at radius 1 is 1.24 bits per heavy atom. The minimum absolute atomic E-state index is 0.0591. The summed E-state index contributed by atoms with van der Waals surface area (Å²) in [6, 6.07) is 10.2. The van der Waals surface area contributed by atoms with Crippen LogP contribution >= 0.6 is 0 Å². The molecule has 0 radical (unpaired) electrons. The summed E-state index contributed by atoms with van der Waals surface area (Å²) in [4.78, 5) is 22.8. The van der Waals surface area contributed by atoms with Crippen molar-refractivity contribution in [1.82, 2.24) is 4.57 Å².